The Kier molecular flexibility index (Phi) is 19.8. The van der Waals surface area contributed by atoms with Crippen molar-refractivity contribution in [1.82, 2.24) is 35.2 Å². The van der Waals surface area contributed by atoms with Gasteiger partial charge in [-0.1, -0.05) is 74.6 Å². The van der Waals surface area contributed by atoms with E-state index in [2.05, 4.69) is 51.4 Å². The third-order valence-electron chi connectivity index (χ3n) is 10.6. The number of methoxy groups -OCH3 is 2. The summed E-state index contributed by atoms with van der Waals surface area (Å²) in [6, 6.07) is 11.7. The molecule has 332 valence electrons. The topological polar surface area (TPSA) is 159 Å². The number of rotatable bonds is 11. The van der Waals surface area contributed by atoms with Crippen molar-refractivity contribution >= 4 is 99.4 Å². The predicted molar refractivity (Wildman–Crippen MR) is 257 cm³/mol. The first kappa shape index (κ1) is 47.1. The van der Waals surface area contributed by atoms with Crippen molar-refractivity contribution < 1.29 is 9.47 Å². The number of nitrogens with zero attached hydrogens (tertiary/aromatic N) is 7. The lowest BCUT2D eigenvalue weighted by Gasteiger charge is -2.27. The minimum absolute atomic E-state index is 0.147. The lowest BCUT2D eigenvalue weighted by molar-refractivity contribution is 0.415. The molecule has 4 aromatic rings. The van der Waals surface area contributed by atoms with Crippen molar-refractivity contribution in [2.45, 2.75) is 89.1 Å². The number of ether oxygens (including phenoxy) is 2. The average molecular weight is 935 g/mol. The van der Waals surface area contributed by atoms with Crippen LogP contribution in [0.5, 0.6) is 11.5 Å². The van der Waals surface area contributed by atoms with Gasteiger partial charge in [-0.05, 0) is 73.7 Å². The highest BCUT2D eigenvalue weighted by Gasteiger charge is 2.20. The lowest BCUT2D eigenvalue weighted by atomic mass is 10.1. The van der Waals surface area contributed by atoms with Gasteiger partial charge in [0.2, 0.25) is 35.0 Å². The van der Waals surface area contributed by atoms with Crippen molar-refractivity contribution in [1.29, 1.82) is 0 Å². The monoisotopic (exact) mass is 932 g/mol. The molecule has 0 atom stereocenters. The molecule has 2 aromatic heterocycles. The van der Waals surface area contributed by atoms with Crippen molar-refractivity contribution in [3.8, 4) is 11.5 Å². The fraction of sp³-hybridized carbons (Fsp3) is 0.571. The normalized spacial score (nSPS) is 17.6. The zero-order valence-corrected chi connectivity index (χ0v) is 39.1. The molecule has 0 amide bonds. The maximum Gasteiger partial charge on any atom is 0.233 e. The molecule has 0 unspecified atom stereocenters. The molecule has 2 saturated heterocycles. The van der Waals surface area contributed by atoms with Gasteiger partial charge in [-0.2, -0.15) is 53.4 Å². The van der Waals surface area contributed by atoms with Gasteiger partial charge in [-0.25, -0.2) is 0 Å². The highest BCUT2D eigenvalue weighted by Crippen LogP contribution is 2.31. The first-order valence-electron chi connectivity index (χ1n) is 21.4. The molecule has 5 N–H and O–H groups in total. The molecule has 14 nitrogen and oxygen atoms in total. The molecule has 4 fully saturated rings. The molecule has 2 aromatic carbocycles. The van der Waals surface area contributed by atoms with Crippen LogP contribution in [-0.2, 0) is 0 Å². The van der Waals surface area contributed by atoms with Gasteiger partial charge in [0.15, 0.2) is 0 Å². The summed E-state index contributed by atoms with van der Waals surface area (Å²) in [5.74, 6) is 8.80. The Morgan fingerprint density at radius 1 is 0.574 bits per heavy atom. The summed E-state index contributed by atoms with van der Waals surface area (Å²) in [7, 11) is 3.18. The molecular weight excluding hydrogens is 875 g/mol. The summed E-state index contributed by atoms with van der Waals surface area (Å²) < 4.78 is 10.4. The number of aromatic nitrogens is 6. The van der Waals surface area contributed by atoms with Crippen LogP contribution in [0.1, 0.15) is 77.0 Å². The Morgan fingerprint density at radius 2 is 1.02 bits per heavy atom. The smallest absolute Gasteiger partial charge is 0.233 e. The Balaban J connectivity index is 0.000000181. The van der Waals surface area contributed by atoms with Gasteiger partial charge in [0.1, 0.15) is 11.5 Å². The second-order valence-electron chi connectivity index (χ2n) is 15.1. The van der Waals surface area contributed by atoms with Gasteiger partial charge in [-0.15, -0.1) is 0 Å². The number of anilines is 7. The second-order valence-corrected chi connectivity index (χ2v) is 18.7. The van der Waals surface area contributed by atoms with Crippen LogP contribution in [0.3, 0.4) is 0 Å². The number of halogens is 3. The maximum absolute atomic E-state index is 6.28. The van der Waals surface area contributed by atoms with Crippen molar-refractivity contribution in [3.63, 3.8) is 0 Å². The first-order chi connectivity index (χ1) is 29.8. The van der Waals surface area contributed by atoms with Crippen LogP contribution in [0.4, 0.5) is 41.1 Å². The van der Waals surface area contributed by atoms with Crippen LogP contribution in [0, 0.1) is 0 Å². The van der Waals surface area contributed by atoms with E-state index in [4.69, 9.17) is 54.2 Å². The minimum atomic E-state index is 0.147. The zero-order valence-electron chi connectivity index (χ0n) is 35.2. The van der Waals surface area contributed by atoms with Gasteiger partial charge in [0.05, 0.1) is 24.3 Å². The van der Waals surface area contributed by atoms with E-state index in [1.807, 2.05) is 47.8 Å². The maximum atomic E-state index is 6.28. The number of nitrogens with one attached hydrogen (secondary N) is 5. The Morgan fingerprint density at radius 3 is 1.46 bits per heavy atom. The highest BCUT2D eigenvalue weighted by atomic mass is 35.5. The first-order valence-corrected chi connectivity index (χ1v) is 24.8. The SMILES string of the molecule is C1CSCCN1.COc1ccc(Nc2nc(Cl)nc(NC3CCCCCC3)n2)cc1Cl.COc1ccc(Nc2nc(NC3CCCCCC3)nc(N3CCSCC3)n2)cc1Cl. The van der Waals surface area contributed by atoms with E-state index in [-0.39, 0.29) is 5.28 Å². The third-order valence-corrected chi connectivity index (χ3v) is 13.3. The molecule has 0 bridgehead atoms. The van der Waals surface area contributed by atoms with E-state index < -0.39 is 0 Å². The molecule has 61 heavy (non-hydrogen) atoms. The predicted octanol–water partition coefficient (Wildman–Crippen LogP) is 10.4. The molecule has 2 saturated carbocycles. The Bertz CT molecular complexity index is 1920. The molecule has 19 heteroatoms. The molecule has 0 spiro atoms. The number of benzene rings is 2. The van der Waals surface area contributed by atoms with E-state index in [0.29, 0.717) is 57.4 Å². The van der Waals surface area contributed by atoms with Crippen LogP contribution in [0.2, 0.25) is 15.3 Å². The molecular formula is C42H59Cl3N12O2S2. The van der Waals surface area contributed by atoms with Crippen LogP contribution in [0.15, 0.2) is 36.4 Å². The number of hydrogen-bond donors (Lipinski definition) is 5. The number of hydrogen-bond acceptors (Lipinski definition) is 16. The summed E-state index contributed by atoms with van der Waals surface area (Å²) in [6.45, 7) is 4.33. The largest absolute Gasteiger partial charge is 0.495 e. The molecule has 0 radical (unpaired) electrons. The van der Waals surface area contributed by atoms with E-state index in [1.54, 1.807) is 26.4 Å². The molecule has 2 aliphatic heterocycles. The van der Waals surface area contributed by atoms with Crippen LogP contribution < -0.4 is 41.0 Å². The molecule has 4 aliphatic rings. The third kappa shape index (κ3) is 16.0. The summed E-state index contributed by atoms with van der Waals surface area (Å²) >= 11 is 22.5. The van der Waals surface area contributed by atoms with Crippen molar-refractivity contribution in [3.05, 3.63) is 51.7 Å². The quantitative estimate of drug-likeness (QED) is 0.0904. The average Bonchev–Trinajstić information content (AvgIpc) is 3.70. The fourth-order valence-electron chi connectivity index (χ4n) is 7.34. The van der Waals surface area contributed by atoms with Crippen LogP contribution >= 0.6 is 58.3 Å². The van der Waals surface area contributed by atoms with Crippen LogP contribution in [0.25, 0.3) is 0 Å². The van der Waals surface area contributed by atoms with Crippen LogP contribution in [-0.4, -0.2) is 105 Å². The van der Waals surface area contributed by atoms with Crippen molar-refractivity contribution in [2.75, 3.05) is 89.6 Å². The summed E-state index contributed by atoms with van der Waals surface area (Å²) in [6.07, 6.45) is 14.8. The summed E-state index contributed by atoms with van der Waals surface area (Å²) in [5.41, 5.74) is 1.56. The second kappa shape index (κ2) is 25.6. The van der Waals surface area contributed by atoms with Gasteiger partial charge < -0.3 is 41.0 Å². The van der Waals surface area contributed by atoms with E-state index in [9.17, 15) is 0 Å². The zero-order chi connectivity index (χ0) is 42.7. The summed E-state index contributed by atoms with van der Waals surface area (Å²) in [5, 5.41) is 17.8. The van der Waals surface area contributed by atoms with Gasteiger partial charge in [-0.3, -0.25) is 0 Å². The summed E-state index contributed by atoms with van der Waals surface area (Å²) in [4.78, 5) is 29.1. The van der Waals surface area contributed by atoms with Gasteiger partial charge >= 0.3 is 0 Å². The van der Waals surface area contributed by atoms with Gasteiger partial charge in [0.25, 0.3) is 0 Å². The fourth-order valence-corrected chi connectivity index (χ4v) is 9.70. The Hall–Kier alpha value is -3.41. The minimum Gasteiger partial charge on any atom is -0.495 e. The van der Waals surface area contributed by atoms with E-state index in [0.717, 1.165) is 67.6 Å². The van der Waals surface area contributed by atoms with Crippen molar-refractivity contribution in [2.24, 2.45) is 0 Å². The van der Waals surface area contributed by atoms with E-state index in [1.165, 1.54) is 76.0 Å². The van der Waals surface area contributed by atoms with E-state index >= 15 is 0 Å². The number of thioether (sulfide) groups is 2. The Labute approximate surface area is 384 Å². The lowest BCUT2D eigenvalue weighted by Crippen LogP contribution is -2.34. The molecule has 4 heterocycles. The standard InChI is InChI=1S/C21H29ClN6OS.C17H21Cl2N5O.C4H9NS/c1-29-18-9-8-16(14-17(18)22)24-20-25-19(23-15-6-4-2-3-5-7-15)26-21(27-20)28-10-12-30-13-11-28;1-25-14-9-8-12(10-13(14)18)21-17-23-15(19)22-16(24-17)20-11-6-4-2-3-5-7-11;1-3-6-4-2-5-1/h8-9,14-15H,2-7,10-13H2,1H3,(H2,23,24,25,26,27);8-11H,2-7H2,1H3,(H2,20,21,22,23,24);5H,1-4H2. The molecule has 2 aliphatic carbocycles. The molecule has 8 rings (SSSR count). The highest BCUT2D eigenvalue weighted by molar-refractivity contribution is 7.99. The van der Waals surface area contributed by atoms with Gasteiger partial charge in [0, 0.05) is 72.6 Å².